The number of hydrogen-bond donors (Lipinski definition) is 1. The fourth-order valence-corrected chi connectivity index (χ4v) is 5.55. The van der Waals surface area contributed by atoms with E-state index in [2.05, 4.69) is 15.3 Å². The molecule has 4 heterocycles. The first-order valence-electron chi connectivity index (χ1n) is 10.7. The van der Waals surface area contributed by atoms with Gasteiger partial charge < -0.3 is 14.4 Å². The van der Waals surface area contributed by atoms with Crippen LogP contribution in [0, 0.1) is 5.41 Å². The number of aromatic nitrogens is 2. The van der Waals surface area contributed by atoms with Gasteiger partial charge in [0.05, 0.1) is 11.8 Å². The van der Waals surface area contributed by atoms with E-state index in [0.717, 1.165) is 67.8 Å². The number of rotatable bonds is 3. The van der Waals surface area contributed by atoms with Crippen LogP contribution in [0.25, 0.3) is 21.3 Å². The fourth-order valence-electron chi connectivity index (χ4n) is 4.58. The first-order valence-corrected chi connectivity index (χ1v) is 11.5. The van der Waals surface area contributed by atoms with Crippen LogP contribution in [0.1, 0.15) is 25.7 Å². The Labute approximate surface area is 185 Å². The maximum Gasteiger partial charge on any atom is 0.323 e. The summed E-state index contributed by atoms with van der Waals surface area (Å²) in [6.07, 6.45) is 6.10. The molecule has 0 bridgehead atoms. The summed E-state index contributed by atoms with van der Waals surface area (Å²) in [5, 5.41) is 3.57. The lowest BCUT2D eigenvalue weighted by molar-refractivity contribution is -0.0138. The Hall–Kier alpha value is -2.71. The third kappa shape index (κ3) is 3.97. The third-order valence-corrected chi connectivity index (χ3v) is 7.55. The smallest absolute Gasteiger partial charge is 0.323 e. The molecule has 0 atom stereocenters. The molecule has 1 spiro atoms. The second-order valence-corrected chi connectivity index (χ2v) is 9.27. The summed E-state index contributed by atoms with van der Waals surface area (Å²) in [5.41, 5.74) is 3.06. The highest BCUT2D eigenvalue weighted by Gasteiger charge is 2.37. The SMILES string of the molecule is COc1ncc(-c2ccccc2)c2sc(NC(=O)N3CCC4(CCOCC4)CC3)nc12. The van der Waals surface area contributed by atoms with Crippen molar-refractivity contribution in [3.8, 4) is 17.0 Å². The van der Waals surface area contributed by atoms with Crippen LogP contribution in [-0.2, 0) is 4.74 Å². The zero-order valence-corrected chi connectivity index (χ0v) is 18.4. The summed E-state index contributed by atoms with van der Waals surface area (Å²) >= 11 is 1.46. The maximum atomic E-state index is 12.9. The molecule has 1 aromatic carbocycles. The molecule has 3 aromatic rings. The van der Waals surface area contributed by atoms with Crippen molar-refractivity contribution in [2.24, 2.45) is 5.41 Å². The highest BCUT2D eigenvalue weighted by molar-refractivity contribution is 7.23. The van der Waals surface area contributed by atoms with Crippen molar-refractivity contribution in [3.63, 3.8) is 0 Å². The lowest BCUT2D eigenvalue weighted by atomic mass is 9.72. The normalized spacial score (nSPS) is 18.3. The van der Waals surface area contributed by atoms with Gasteiger partial charge in [-0.2, -0.15) is 0 Å². The zero-order valence-electron chi connectivity index (χ0n) is 17.6. The summed E-state index contributed by atoms with van der Waals surface area (Å²) in [7, 11) is 1.58. The van der Waals surface area contributed by atoms with Gasteiger partial charge in [0.2, 0.25) is 5.88 Å². The van der Waals surface area contributed by atoms with Gasteiger partial charge in [0.25, 0.3) is 0 Å². The standard InChI is InChI=1S/C23H26N4O3S/c1-29-20-18-19(17(15-24-20)16-5-3-2-4-6-16)31-21(25-18)26-22(28)27-11-7-23(8-12-27)9-13-30-14-10-23/h2-6,15H,7-14H2,1H3,(H,25,26,28). The van der Waals surface area contributed by atoms with E-state index in [4.69, 9.17) is 9.47 Å². The van der Waals surface area contributed by atoms with E-state index in [1.54, 1.807) is 13.3 Å². The van der Waals surface area contributed by atoms with Crippen molar-refractivity contribution >= 4 is 32.7 Å². The molecule has 2 amide bonds. The topological polar surface area (TPSA) is 76.6 Å². The molecule has 7 nitrogen and oxygen atoms in total. The van der Waals surface area contributed by atoms with Crippen molar-refractivity contribution in [2.45, 2.75) is 25.7 Å². The number of thiazole rings is 1. The third-order valence-electron chi connectivity index (χ3n) is 6.54. The summed E-state index contributed by atoms with van der Waals surface area (Å²) < 4.78 is 11.9. The molecule has 162 valence electrons. The molecule has 0 saturated carbocycles. The Morgan fingerprint density at radius 3 is 2.61 bits per heavy atom. The van der Waals surface area contributed by atoms with Crippen LogP contribution in [0.3, 0.4) is 0 Å². The number of methoxy groups -OCH3 is 1. The first-order chi connectivity index (χ1) is 15.2. The molecule has 2 aromatic heterocycles. The minimum absolute atomic E-state index is 0.0887. The predicted molar refractivity (Wildman–Crippen MR) is 122 cm³/mol. The number of likely N-dealkylation sites (tertiary alicyclic amines) is 1. The molecule has 1 N–H and O–H groups in total. The van der Waals surface area contributed by atoms with Gasteiger partial charge in [-0.3, -0.25) is 5.32 Å². The van der Waals surface area contributed by atoms with Gasteiger partial charge in [0, 0.05) is 38.1 Å². The van der Waals surface area contributed by atoms with Crippen LogP contribution in [0.2, 0.25) is 0 Å². The minimum atomic E-state index is -0.0887. The first kappa shape index (κ1) is 20.2. The number of fused-ring (bicyclic) bond motifs is 1. The van der Waals surface area contributed by atoms with Crippen molar-refractivity contribution in [1.82, 2.24) is 14.9 Å². The molecular weight excluding hydrogens is 412 g/mol. The Morgan fingerprint density at radius 2 is 1.90 bits per heavy atom. The molecule has 2 aliphatic heterocycles. The predicted octanol–water partition coefficient (Wildman–Crippen LogP) is 4.79. The lowest BCUT2D eigenvalue weighted by Gasteiger charge is -2.43. The number of nitrogens with one attached hydrogen (secondary N) is 1. The number of benzene rings is 1. The van der Waals surface area contributed by atoms with Gasteiger partial charge in [0.15, 0.2) is 5.13 Å². The summed E-state index contributed by atoms with van der Waals surface area (Å²) in [6, 6.07) is 9.97. The Morgan fingerprint density at radius 1 is 1.16 bits per heavy atom. The number of ether oxygens (including phenoxy) is 2. The molecule has 8 heteroatoms. The van der Waals surface area contributed by atoms with Gasteiger partial charge in [-0.05, 0) is 36.7 Å². The molecule has 31 heavy (non-hydrogen) atoms. The molecule has 2 saturated heterocycles. The molecular formula is C23H26N4O3S. The number of carbonyl (C=O) groups excluding carboxylic acids is 1. The van der Waals surface area contributed by atoms with Crippen molar-refractivity contribution in [3.05, 3.63) is 36.5 Å². The monoisotopic (exact) mass is 438 g/mol. The Balaban J connectivity index is 1.35. The molecule has 5 rings (SSSR count). The number of hydrogen-bond acceptors (Lipinski definition) is 6. The number of carbonyl (C=O) groups is 1. The number of amides is 2. The van der Waals surface area contributed by atoms with Gasteiger partial charge in [-0.1, -0.05) is 41.7 Å². The second-order valence-electron chi connectivity index (χ2n) is 8.27. The van der Waals surface area contributed by atoms with Gasteiger partial charge in [-0.15, -0.1) is 0 Å². The molecule has 0 aliphatic carbocycles. The van der Waals surface area contributed by atoms with Crippen LogP contribution >= 0.6 is 11.3 Å². The Bertz CT molecular complexity index is 1070. The van der Waals surface area contributed by atoms with Crippen LogP contribution in [-0.4, -0.2) is 54.3 Å². The van der Waals surface area contributed by atoms with Crippen LogP contribution in [0.15, 0.2) is 36.5 Å². The van der Waals surface area contributed by atoms with E-state index < -0.39 is 0 Å². The van der Waals surface area contributed by atoms with Crippen molar-refractivity contribution < 1.29 is 14.3 Å². The molecule has 2 fully saturated rings. The highest BCUT2D eigenvalue weighted by Crippen LogP contribution is 2.41. The number of anilines is 1. The average Bonchev–Trinajstić information content (AvgIpc) is 3.23. The van der Waals surface area contributed by atoms with E-state index in [1.165, 1.54) is 11.3 Å². The number of pyridine rings is 1. The van der Waals surface area contributed by atoms with Crippen LogP contribution in [0.5, 0.6) is 5.88 Å². The van der Waals surface area contributed by atoms with E-state index in [1.807, 2.05) is 35.2 Å². The largest absolute Gasteiger partial charge is 0.479 e. The highest BCUT2D eigenvalue weighted by atomic mass is 32.1. The van der Waals surface area contributed by atoms with E-state index >= 15 is 0 Å². The number of nitrogens with zero attached hydrogens (tertiary/aromatic N) is 3. The summed E-state index contributed by atoms with van der Waals surface area (Å²) in [6.45, 7) is 3.24. The maximum absolute atomic E-state index is 12.9. The summed E-state index contributed by atoms with van der Waals surface area (Å²) in [5.74, 6) is 0.464. The average molecular weight is 439 g/mol. The van der Waals surface area contributed by atoms with Gasteiger partial charge >= 0.3 is 6.03 Å². The fraction of sp³-hybridized carbons (Fsp3) is 0.435. The Kier molecular flexibility index (Phi) is 5.50. The molecule has 0 unspecified atom stereocenters. The lowest BCUT2D eigenvalue weighted by Crippen LogP contribution is -2.46. The molecule has 0 radical (unpaired) electrons. The number of urea groups is 1. The van der Waals surface area contributed by atoms with Gasteiger partial charge in [0.1, 0.15) is 5.52 Å². The van der Waals surface area contributed by atoms with Gasteiger partial charge in [-0.25, -0.2) is 14.8 Å². The second kappa shape index (κ2) is 8.43. The minimum Gasteiger partial charge on any atom is -0.479 e. The summed E-state index contributed by atoms with van der Waals surface area (Å²) in [4.78, 5) is 23.9. The molecule has 2 aliphatic rings. The number of piperidine rings is 1. The quantitative estimate of drug-likeness (QED) is 0.636. The van der Waals surface area contributed by atoms with E-state index in [9.17, 15) is 4.79 Å². The van der Waals surface area contributed by atoms with Crippen molar-refractivity contribution in [2.75, 3.05) is 38.7 Å². The van der Waals surface area contributed by atoms with Crippen molar-refractivity contribution in [1.29, 1.82) is 0 Å². The van der Waals surface area contributed by atoms with E-state index in [0.29, 0.717) is 21.9 Å². The zero-order chi connectivity index (χ0) is 21.3. The van der Waals surface area contributed by atoms with Crippen LogP contribution in [0.4, 0.5) is 9.93 Å². The van der Waals surface area contributed by atoms with E-state index in [-0.39, 0.29) is 6.03 Å². The van der Waals surface area contributed by atoms with Crippen LogP contribution < -0.4 is 10.1 Å².